The largest absolute Gasteiger partial charge is 0.324 e. The summed E-state index contributed by atoms with van der Waals surface area (Å²) in [5.41, 5.74) is 6.01. The Hall–Kier alpha value is -0.130. The molecule has 2 rings (SSSR count). The Morgan fingerprint density at radius 1 is 1.36 bits per heavy atom. The van der Waals surface area contributed by atoms with Crippen LogP contribution < -0.4 is 5.73 Å². The number of hydrogen-bond acceptors (Lipinski definition) is 3. The molecule has 1 aliphatic carbocycles. The fraction of sp³-hybridized carbons (Fsp3) is 1.00. The van der Waals surface area contributed by atoms with Crippen LogP contribution in [-0.2, 0) is 10.0 Å². The van der Waals surface area contributed by atoms with E-state index in [4.69, 9.17) is 5.73 Å². The van der Waals surface area contributed by atoms with Gasteiger partial charge in [-0.15, -0.1) is 0 Å². The zero-order valence-corrected chi connectivity index (χ0v) is 9.39. The fourth-order valence-electron chi connectivity index (χ4n) is 2.84. The molecular weight excluding hydrogens is 200 g/mol. The number of hydrogen-bond donors (Lipinski definition) is 1. The van der Waals surface area contributed by atoms with Crippen LogP contribution in [0.4, 0.5) is 0 Å². The van der Waals surface area contributed by atoms with Crippen molar-refractivity contribution in [3.63, 3.8) is 0 Å². The Morgan fingerprint density at radius 3 is 2.71 bits per heavy atom. The predicted octanol–water partition coefficient (Wildman–Crippen LogP) is 0.292. The first-order chi connectivity index (χ1) is 6.43. The standard InChI is InChI=1S/C9H18N2O2S/c1-14(12,13)11-7-6-9(10)5-3-2-4-8(9)11/h8H,2-7,10H2,1H3. The summed E-state index contributed by atoms with van der Waals surface area (Å²) in [6.45, 7) is 0.611. The Bertz CT molecular complexity index is 328. The van der Waals surface area contributed by atoms with Gasteiger partial charge in [-0.25, -0.2) is 8.42 Å². The summed E-state index contributed by atoms with van der Waals surface area (Å²) >= 11 is 0. The Labute approximate surface area is 85.5 Å². The first-order valence-electron chi connectivity index (χ1n) is 5.19. The minimum atomic E-state index is -3.06. The molecule has 0 aromatic carbocycles. The molecule has 1 saturated carbocycles. The van der Waals surface area contributed by atoms with Crippen molar-refractivity contribution in [1.29, 1.82) is 0 Å². The average molecular weight is 218 g/mol. The highest BCUT2D eigenvalue weighted by molar-refractivity contribution is 7.88. The van der Waals surface area contributed by atoms with E-state index in [1.54, 1.807) is 4.31 Å². The van der Waals surface area contributed by atoms with E-state index in [0.717, 1.165) is 32.1 Å². The van der Waals surface area contributed by atoms with Crippen LogP contribution in [0.5, 0.6) is 0 Å². The predicted molar refractivity (Wildman–Crippen MR) is 55.3 cm³/mol. The van der Waals surface area contributed by atoms with Gasteiger partial charge < -0.3 is 5.73 Å². The van der Waals surface area contributed by atoms with Crippen molar-refractivity contribution in [1.82, 2.24) is 4.31 Å². The third kappa shape index (κ3) is 1.57. The second-order valence-corrected chi connectivity index (χ2v) is 6.55. The monoisotopic (exact) mass is 218 g/mol. The second kappa shape index (κ2) is 3.18. The smallest absolute Gasteiger partial charge is 0.211 e. The third-order valence-electron chi connectivity index (χ3n) is 3.60. The van der Waals surface area contributed by atoms with Gasteiger partial charge in [-0.1, -0.05) is 12.8 Å². The van der Waals surface area contributed by atoms with Crippen LogP contribution in [0.3, 0.4) is 0 Å². The molecule has 4 nitrogen and oxygen atoms in total. The van der Waals surface area contributed by atoms with Crippen LogP contribution in [0.15, 0.2) is 0 Å². The highest BCUT2D eigenvalue weighted by Gasteiger charge is 2.48. The molecule has 82 valence electrons. The van der Waals surface area contributed by atoms with E-state index in [1.165, 1.54) is 6.26 Å². The zero-order chi connectivity index (χ0) is 10.4. The van der Waals surface area contributed by atoms with Gasteiger partial charge in [0.1, 0.15) is 0 Å². The van der Waals surface area contributed by atoms with Gasteiger partial charge in [-0.2, -0.15) is 4.31 Å². The molecule has 0 bridgehead atoms. The summed E-state index contributed by atoms with van der Waals surface area (Å²) < 4.78 is 24.6. The van der Waals surface area contributed by atoms with Crippen molar-refractivity contribution in [3.8, 4) is 0 Å². The van der Waals surface area contributed by atoms with Gasteiger partial charge in [0.25, 0.3) is 0 Å². The molecule has 2 unspecified atom stereocenters. The fourth-order valence-corrected chi connectivity index (χ4v) is 4.04. The summed E-state index contributed by atoms with van der Waals surface area (Å²) in [4.78, 5) is 0. The molecule has 2 fully saturated rings. The van der Waals surface area contributed by atoms with Crippen molar-refractivity contribution in [3.05, 3.63) is 0 Å². The van der Waals surface area contributed by atoms with E-state index in [2.05, 4.69) is 0 Å². The molecule has 0 aromatic rings. The van der Waals surface area contributed by atoms with Crippen LogP contribution in [0, 0.1) is 0 Å². The maximum Gasteiger partial charge on any atom is 0.211 e. The number of nitrogens with zero attached hydrogens (tertiary/aromatic N) is 1. The van der Waals surface area contributed by atoms with Gasteiger partial charge in [-0.05, 0) is 19.3 Å². The number of rotatable bonds is 1. The molecule has 5 heteroatoms. The molecule has 1 aliphatic heterocycles. The molecule has 14 heavy (non-hydrogen) atoms. The van der Waals surface area contributed by atoms with Crippen LogP contribution in [0.1, 0.15) is 32.1 Å². The summed E-state index contributed by atoms with van der Waals surface area (Å²) in [5.74, 6) is 0. The van der Waals surface area contributed by atoms with E-state index in [0.29, 0.717) is 6.54 Å². The van der Waals surface area contributed by atoms with Gasteiger partial charge in [0.2, 0.25) is 10.0 Å². The van der Waals surface area contributed by atoms with Gasteiger partial charge >= 0.3 is 0 Å². The van der Waals surface area contributed by atoms with Gasteiger partial charge in [0.15, 0.2) is 0 Å². The normalized spacial score (nSPS) is 39.7. The van der Waals surface area contributed by atoms with Gasteiger partial charge in [0, 0.05) is 18.1 Å². The zero-order valence-electron chi connectivity index (χ0n) is 8.57. The molecule has 0 spiro atoms. The minimum Gasteiger partial charge on any atom is -0.324 e. The van der Waals surface area contributed by atoms with Crippen LogP contribution in [0.2, 0.25) is 0 Å². The third-order valence-corrected chi connectivity index (χ3v) is 4.89. The van der Waals surface area contributed by atoms with E-state index in [-0.39, 0.29) is 11.6 Å². The first-order valence-corrected chi connectivity index (χ1v) is 7.04. The lowest BCUT2D eigenvalue weighted by atomic mass is 9.79. The van der Waals surface area contributed by atoms with Crippen molar-refractivity contribution in [2.24, 2.45) is 5.73 Å². The summed E-state index contributed by atoms with van der Waals surface area (Å²) in [7, 11) is -3.06. The second-order valence-electron chi connectivity index (χ2n) is 4.62. The molecule has 2 N–H and O–H groups in total. The summed E-state index contributed by atoms with van der Waals surface area (Å²) in [6.07, 6.45) is 6.27. The van der Waals surface area contributed by atoms with Crippen molar-refractivity contribution in [2.75, 3.05) is 12.8 Å². The van der Waals surface area contributed by atoms with Crippen molar-refractivity contribution >= 4 is 10.0 Å². The van der Waals surface area contributed by atoms with Crippen LogP contribution >= 0.6 is 0 Å². The molecule has 0 aromatic heterocycles. The van der Waals surface area contributed by atoms with Crippen LogP contribution in [0.25, 0.3) is 0 Å². The molecular formula is C9H18N2O2S. The number of fused-ring (bicyclic) bond motifs is 1. The Balaban J connectivity index is 2.26. The Kier molecular flexibility index (Phi) is 2.36. The molecule has 2 aliphatic rings. The van der Waals surface area contributed by atoms with E-state index in [1.807, 2.05) is 0 Å². The molecule has 1 heterocycles. The SMILES string of the molecule is CS(=O)(=O)N1CCC2(N)CCCCC12. The van der Waals surface area contributed by atoms with E-state index >= 15 is 0 Å². The lowest BCUT2D eigenvalue weighted by Gasteiger charge is -2.38. The van der Waals surface area contributed by atoms with Crippen molar-refractivity contribution in [2.45, 2.75) is 43.7 Å². The highest BCUT2D eigenvalue weighted by atomic mass is 32.2. The maximum atomic E-state index is 11.5. The lowest BCUT2D eigenvalue weighted by molar-refractivity contribution is 0.223. The van der Waals surface area contributed by atoms with E-state index in [9.17, 15) is 8.42 Å². The molecule has 0 radical (unpaired) electrons. The summed E-state index contributed by atoms with van der Waals surface area (Å²) in [6, 6.07) is 0.0613. The number of sulfonamides is 1. The average Bonchev–Trinajstić information content (AvgIpc) is 2.40. The first kappa shape index (κ1) is 10.4. The Morgan fingerprint density at radius 2 is 2.07 bits per heavy atom. The van der Waals surface area contributed by atoms with Gasteiger partial charge in [-0.3, -0.25) is 0 Å². The van der Waals surface area contributed by atoms with Crippen molar-refractivity contribution < 1.29 is 8.42 Å². The molecule has 2 atom stereocenters. The van der Waals surface area contributed by atoms with Gasteiger partial charge in [0.05, 0.1) is 6.26 Å². The minimum absolute atomic E-state index is 0.0613. The van der Waals surface area contributed by atoms with E-state index < -0.39 is 10.0 Å². The summed E-state index contributed by atoms with van der Waals surface area (Å²) in [5, 5.41) is 0. The lowest BCUT2D eigenvalue weighted by Crippen LogP contribution is -2.54. The van der Waals surface area contributed by atoms with Crippen LogP contribution in [-0.4, -0.2) is 37.1 Å². The quantitative estimate of drug-likeness (QED) is 0.688. The molecule has 0 amide bonds. The topological polar surface area (TPSA) is 63.4 Å². The highest BCUT2D eigenvalue weighted by Crippen LogP contribution is 2.38. The molecule has 1 saturated heterocycles. The number of nitrogens with two attached hydrogens (primary N) is 1. The maximum absolute atomic E-state index is 11.5.